The number of nitrogens with zero attached hydrogens (tertiary/aromatic N) is 3. The Morgan fingerprint density at radius 3 is 2.46 bits per heavy atom. The Labute approximate surface area is 165 Å². The number of aromatic hydroxyl groups is 1. The van der Waals surface area contributed by atoms with Crippen LogP contribution in [0.5, 0.6) is 5.75 Å². The molecule has 0 fully saturated rings. The SMILES string of the molecule is [2H]c1nc(NS(=O)(=O)c2ccc(N=Nc3ccc(O)c(C(=O)O)c3)cc2)c([2H])c([2H])c1[2H]. The van der Waals surface area contributed by atoms with Crippen molar-refractivity contribution in [3.63, 3.8) is 0 Å². The Balaban J connectivity index is 1.82. The van der Waals surface area contributed by atoms with Gasteiger partial charge in [-0.05, 0) is 54.5 Å². The quantitative estimate of drug-likeness (QED) is 0.537. The van der Waals surface area contributed by atoms with Crippen LogP contribution >= 0.6 is 0 Å². The first-order chi connectivity index (χ1) is 15.0. The molecule has 0 amide bonds. The minimum absolute atomic E-state index is 0.155. The maximum Gasteiger partial charge on any atom is 0.339 e. The van der Waals surface area contributed by atoms with Crippen molar-refractivity contribution < 1.29 is 28.9 Å². The molecule has 1 heterocycles. The number of carboxylic acid groups (broad SMARTS) is 1. The van der Waals surface area contributed by atoms with Crippen molar-refractivity contribution >= 4 is 33.2 Å². The molecule has 9 nitrogen and oxygen atoms in total. The molecule has 10 heteroatoms. The van der Waals surface area contributed by atoms with E-state index >= 15 is 0 Å². The van der Waals surface area contributed by atoms with Gasteiger partial charge in [-0.1, -0.05) is 6.04 Å². The van der Waals surface area contributed by atoms with Gasteiger partial charge in [0.15, 0.2) is 0 Å². The van der Waals surface area contributed by atoms with E-state index in [9.17, 15) is 18.3 Å². The molecule has 0 aliphatic rings. The van der Waals surface area contributed by atoms with Crippen molar-refractivity contribution in [1.82, 2.24) is 4.98 Å². The van der Waals surface area contributed by atoms with E-state index < -0.39 is 51.9 Å². The Kier molecular flexibility index (Phi) is 4.00. The molecule has 0 radical (unpaired) electrons. The van der Waals surface area contributed by atoms with Gasteiger partial charge in [-0.15, -0.1) is 0 Å². The number of azo groups is 1. The largest absolute Gasteiger partial charge is 0.507 e. The lowest BCUT2D eigenvalue weighted by Gasteiger charge is -2.07. The molecule has 0 bridgehead atoms. The summed E-state index contributed by atoms with van der Waals surface area (Å²) in [6, 6.07) is 6.83. The number of nitrogens with one attached hydrogen (secondary N) is 1. The number of carbonyl (C=O) groups is 1. The second-order valence-electron chi connectivity index (χ2n) is 5.25. The van der Waals surface area contributed by atoms with Gasteiger partial charge in [0.2, 0.25) is 0 Å². The summed E-state index contributed by atoms with van der Waals surface area (Å²) >= 11 is 0. The van der Waals surface area contributed by atoms with Gasteiger partial charge in [-0.2, -0.15) is 10.2 Å². The molecule has 0 unspecified atom stereocenters. The predicted molar refractivity (Wildman–Crippen MR) is 101 cm³/mol. The van der Waals surface area contributed by atoms with E-state index in [0.717, 1.165) is 12.1 Å². The van der Waals surface area contributed by atoms with Crippen LogP contribution in [0.3, 0.4) is 0 Å². The molecule has 1 aromatic heterocycles. The first-order valence-corrected chi connectivity index (χ1v) is 9.03. The summed E-state index contributed by atoms with van der Waals surface area (Å²) in [6.45, 7) is 0. The van der Waals surface area contributed by atoms with Crippen molar-refractivity contribution in [3.05, 3.63) is 72.3 Å². The standard InChI is InChI=1S/C18H14N4O5S/c23-16-9-6-13(11-15(16)18(24)25)21-20-12-4-7-14(8-5-12)28(26,27)22-17-3-1-2-10-19-17/h1-11,23H,(H,19,22)(H,24,25)/i1D,2D,3D,10D. The lowest BCUT2D eigenvalue weighted by Crippen LogP contribution is -2.13. The van der Waals surface area contributed by atoms with Crippen LogP contribution in [0, 0.1) is 0 Å². The second kappa shape index (κ2) is 7.84. The van der Waals surface area contributed by atoms with E-state index in [0.29, 0.717) is 0 Å². The first-order valence-electron chi connectivity index (χ1n) is 9.55. The van der Waals surface area contributed by atoms with Crippen molar-refractivity contribution in [3.8, 4) is 5.75 Å². The molecule has 0 atom stereocenters. The van der Waals surface area contributed by atoms with Gasteiger partial charge < -0.3 is 10.2 Å². The molecule has 0 spiro atoms. The van der Waals surface area contributed by atoms with Gasteiger partial charge in [-0.3, -0.25) is 4.72 Å². The number of benzene rings is 2. The van der Waals surface area contributed by atoms with E-state index in [1.807, 2.05) is 4.72 Å². The highest BCUT2D eigenvalue weighted by atomic mass is 32.2. The number of carboxylic acids is 1. The zero-order valence-corrected chi connectivity index (χ0v) is 14.7. The third-order valence-electron chi connectivity index (χ3n) is 3.34. The fourth-order valence-corrected chi connectivity index (χ4v) is 2.99. The summed E-state index contributed by atoms with van der Waals surface area (Å²) in [5.74, 6) is -2.29. The molecular formula is C18H14N4O5S. The van der Waals surface area contributed by atoms with Crippen LogP contribution in [0.2, 0.25) is 0 Å². The van der Waals surface area contributed by atoms with Crippen LogP contribution in [0.15, 0.2) is 81.9 Å². The summed E-state index contributed by atoms with van der Waals surface area (Å²) in [4.78, 5) is 14.4. The predicted octanol–water partition coefficient (Wildman–Crippen LogP) is 3.70. The Bertz CT molecular complexity index is 1350. The van der Waals surface area contributed by atoms with Crippen LogP contribution in [-0.2, 0) is 10.0 Å². The maximum atomic E-state index is 12.5. The van der Waals surface area contributed by atoms with Crippen molar-refractivity contribution in [1.29, 1.82) is 0 Å². The van der Waals surface area contributed by atoms with Crippen LogP contribution < -0.4 is 4.72 Å². The first kappa shape index (κ1) is 14.3. The molecule has 3 rings (SSSR count). The van der Waals surface area contributed by atoms with E-state index in [1.54, 1.807) is 0 Å². The molecule has 2 aromatic carbocycles. The molecule has 142 valence electrons. The number of hydrogen-bond acceptors (Lipinski definition) is 7. The van der Waals surface area contributed by atoms with Crippen LogP contribution in [0.4, 0.5) is 17.2 Å². The number of rotatable bonds is 6. The fourth-order valence-electron chi connectivity index (χ4n) is 2.03. The number of sulfonamides is 1. The lowest BCUT2D eigenvalue weighted by molar-refractivity contribution is 0.0693. The highest BCUT2D eigenvalue weighted by Crippen LogP contribution is 2.25. The normalized spacial score (nSPS) is 13.4. The lowest BCUT2D eigenvalue weighted by atomic mass is 10.2. The van der Waals surface area contributed by atoms with E-state index in [-0.39, 0.29) is 21.8 Å². The average Bonchev–Trinajstić information content (AvgIpc) is 2.75. The topological polar surface area (TPSA) is 141 Å². The van der Waals surface area contributed by atoms with Crippen LogP contribution in [0.1, 0.15) is 15.8 Å². The van der Waals surface area contributed by atoms with Crippen LogP contribution in [-0.4, -0.2) is 29.6 Å². The number of hydrogen-bond donors (Lipinski definition) is 3. The average molecular weight is 402 g/mol. The van der Waals surface area contributed by atoms with Crippen molar-refractivity contribution in [2.45, 2.75) is 4.90 Å². The van der Waals surface area contributed by atoms with Crippen molar-refractivity contribution in [2.24, 2.45) is 10.2 Å². The molecule has 3 N–H and O–H groups in total. The summed E-state index contributed by atoms with van der Waals surface area (Å²) in [7, 11) is -4.21. The van der Waals surface area contributed by atoms with Gasteiger partial charge in [-0.25, -0.2) is 18.2 Å². The second-order valence-corrected chi connectivity index (χ2v) is 6.94. The molecule has 0 aliphatic carbocycles. The Morgan fingerprint density at radius 2 is 1.75 bits per heavy atom. The van der Waals surface area contributed by atoms with Crippen LogP contribution in [0.25, 0.3) is 0 Å². The number of aromatic carboxylic acids is 1. The monoisotopic (exact) mass is 402 g/mol. The van der Waals surface area contributed by atoms with E-state index in [2.05, 4.69) is 15.2 Å². The van der Waals surface area contributed by atoms with E-state index in [4.69, 9.17) is 10.6 Å². The third kappa shape index (κ3) is 4.48. The molecule has 0 saturated carbocycles. The molecule has 28 heavy (non-hydrogen) atoms. The summed E-state index contributed by atoms with van der Waals surface area (Å²) < 4.78 is 57.4. The smallest absolute Gasteiger partial charge is 0.339 e. The summed E-state index contributed by atoms with van der Waals surface area (Å²) in [5, 5.41) is 26.2. The summed E-state index contributed by atoms with van der Waals surface area (Å²) in [6.07, 6.45) is -0.639. The van der Waals surface area contributed by atoms with Gasteiger partial charge in [0.25, 0.3) is 10.0 Å². The zero-order valence-electron chi connectivity index (χ0n) is 17.9. The number of phenols is 1. The Hall–Kier alpha value is -3.79. The minimum atomic E-state index is -4.21. The molecule has 0 aliphatic heterocycles. The Morgan fingerprint density at radius 1 is 1.07 bits per heavy atom. The molecule has 3 aromatic rings. The number of pyridine rings is 1. The van der Waals surface area contributed by atoms with Gasteiger partial charge in [0, 0.05) is 6.17 Å². The highest BCUT2D eigenvalue weighted by molar-refractivity contribution is 7.92. The minimum Gasteiger partial charge on any atom is -0.507 e. The highest BCUT2D eigenvalue weighted by Gasteiger charge is 2.14. The van der Waals surface area contributed by atoms with Crippen molar-refractivity contribution in [2.75, 3.05) is 4.72 Å². The number of aromatic nitrogens is 1. The molecular weight excluding hydrogens is 384 g/mol. The van der Waals surface area contributed by atoms with Gasteiger partial charge >= 0.3 is 5.97 Å². The van der Waals surface area contributed by atoms with Gasteiger partial charge in [0.05, 0.1) is 21.8 Å². The summed E-state index contributed by atoms with van der Waals surface area (Å²) in [5.41, 5.74) is 0.0537. The number of anilines is 1. The fraction of sp³-hybridized carbons (Fsp3) is 0. The van der Waals surface area contributed by atoms with E-state index in [1.165, 1.54) is 30.3 Å². The third-order valence-corrected chi connectivity index (χ3v) is 4.69. The molecule has 0 saturated heterocycles. The van der Waals surface area contributed by atoms with Gasteiger partial charge in [0.1, 0.15) is 17.1 Å². The maximum absolute atomic E-state index is 12.5. The zero-order chi connectivity index (χ0) is 23.6.